The van der Waals surface area contributed by atoms with Gasteiger partial charge >= 0.3 is 0 Å². The molecule has 4 nitrogen and oxygen atoms in total. The first kappa shape index (κ1) is 20.9. The van der Waals surface area contributed by atoms with Crippen LogP contribution in [0, 0.1) is 20.8 Å². The summed E-state index contributed by atoms with van der Waals surface area (Å²) in [6.45, 7) is 11.6. The Hall–Kier alpha value is -1.85. The Kier molecular flexibility index (Phi) is 7.51. The van der Waals surface area contributed by atoms with Crippen LogP contribution in [-0.2, 0) is 6.54 Å². The van der Waals surface area contributed by atoms with Gasteiger partial charge < -0.3 is 19.5 Å². The predicted molar refractivity (Wildman–Crippen MR) is 121 cm³/mol. The van der Waals surface area contributed by atoms with Gasteiger partial charge in [-0.05, 0) is 95.1 Å². The highest BCUT2D eigenvalue weighted by atomic mass is 32.1. The number of nitrogens with one attached hydrogen (secondary N) is 1. The summed E-state index contributed by atoms with van der Waals surface area (Å²) < 4.78 is 5.58. The lowest BCUT2D eigenvalue weighted by molar-refractivity contribution is 0.217. The van der Waals surface area contributed by atoms with Gasteiger partial charge in [0.1, 0.15) is 5.76 Å². The summed E-state index contributed by atoms with van der Waals surface area (Å²) in [6.07, 6.45) is 6.88. The van der Waals surface area contributed by atoms with Crippen LogP contribution >= 0.6 is 12.2 Å². The van der Waals surface area contributed by atoms with Crippen molar-refractivity contribution in [3.05, 3.63) is 53.0 Å². The highest BCUT2D eigenvalue weighted by Crippen LogP contribution is 2.23. The lowest BCUT2D eigenvalue weighted by Gasteiger charge is -2.29. The van der Waals surface area contributed by atoms with Crippen molar-refractivity contribution in [2.45, 2.75) is 53.0 Å². The molecule has 1 fully saturated rings. The van der Waals surface area contributed by atoms with Gasteiger partial charge in [-0.2, -0.15) is 0 Å². The minimum atomic E-state index is 0.697. The molecule has 28 heavy (non-hydrogen) atoms. The Morgan fingerprint density at radius 3 is 2.50 bits per heavy atom. The fraction of sp³-hybridized carbons (Fsp3) is 0.522. The molecule has 1 aromatic carbocycles. The minimum Gasteiger partial charge on any atom is -0.467 e. The summed E-state index contributed by atoms with van der Waals surface area (Å²) in [7, 11) is 0. The number of thiocarbonyl (C=S) groups is 1. The summed E-state index contributed by atoms with van der Waals surface area (Å²) >= 11 is 5.81. The summed E-state index contributed by atoms with van der Waals surface area (Å²) in [5.41, 5.74) is 4.86. The van der Waals surface area contributed by atoms with Gasteiger partial charge in [-0.15, -0.1) is 0 Å². The zero-order chi connectivity index (χ0) is 19.9. The Morgan fingerprint density at radius 2 is 1.86 bits per heavy atom. The standard InChI is InChI=1S/C23H33N3OS/c1-18-15-19(2)22(20(3)16-18)24-23(28)26(17-21-9-7-14-27-21)13-8-12-25-10-5-4-6-11-25/h7,9,14-16H,4-6,8,10-13,17H2,1-3H3,(H,24,28). The van der Waals surface area contributed by atoms with E-state index < -0.39 is 0 Å². The zero-order valence-electron chi connectivity index (χ0n) is 17.5. The number of likely N-dealkylation sites (tertiary alicyclic amines) is 1. The molecule has 0 unspecified atom stereocenters. The Bertz CT molecular complexity index is 743. The van der Waals surface area contributed by atoms with Gasteiger partial charge in [0, 0.05) is 12.2 Å². The summed E-state index contributed by atoms with van der Waals surface area (Å²) in [4.78, 5) is 4.82. The molecule has 0 atom stereocenters. The van der Waals surface area contributed by atoms with Crippen molar-refractivity contribution in [1.82, 2.24) is 9.80 Å². The Balaban J connectivity index is 1.64. The third-order valence-electron chi connectivity index (χ3n) is 5.47. The number of hydrogen-bond donors (Lipinski definition) is 1. The first-order valence-electron chi connectivity index (χ1n) is 10.4. The molecule has 152 valence electrons. The summed E-state index contributed by atoms with van der Waals surface area (Å²) in [6, 6.07) is 8.35. The Labute approximate surface area is 174 Å². The van der Waals surface area contributed by atoms with Crippen LogP contribution in [0.15, 0.2) is 34.9 Å². The molecule has 1 aliphatic rings. The van der Waals surface area contributed by atoms with Crippen LogP contribution in [0.1, 0.15) is 48.1 Å². The number of furan rings is 1. The number of nitrogens with zero attached hydrogens (tertiary/aromatic N) is 2. The van der Waals surface area contributed by atoms with Gasteiger partial charge in [0.2, 0.25) is 0 Å². The average molecular weight is 400 g/mol. The van der Waals surface area contributed by atoms with Crippen molar-refractivity contribution >= 4 is 23.0 Å². The second-order valence-corrected chi connectivity index (χ2v) is 8.35. The summed E-state index contributed by atoms with van der Waals surface area (Å²) in [5, 5.41) is 4.28. The van der Waals surface area contributed by atoms with Crippen LogP contribution in [0.25, 0.3) is 0 Å². The number of anilines is 1. The molecule has 2 heterocycles. The van der Waals surface area contributed by atoms with Crippen molar-refractivity contribution in [2.75, 3.05) is 31.5 Å². The van der Waals surface area contributed by atoms with E-state index in [2.05, 4.69) is 48.0 Å². The quantitative estimate of drug-likeness (QED) is 0.640. The van der Waals surface area contributed by atoms with Gasteiger partial charge in [0.15, 0.2) is 5.11 Å². The maximum Gasteiger partial charge on any atom is 0.173 e. The molecule has 0 spiro atoms. The first-order valence-corrected chi connectivity index (χ1v) is 10.8. The van der Waals surface area contributed by atoms with E-state index in [1.807, 2.05) is 12.1 Å². The maximum absolute atomic E-state index is 5.81. The smallest absolute Gasteiger partial charge is 0.173 e. The van der Waals surface area contributed by atoms with Gasteiger partial charge in [-0.25, -0.2) is 0 Å². The average Bonchev–Trinajstić information content (AvgIpc) is 3.17. The summed E-state index contributed by atoms with van der Waals surface area (Å²) in [5.74, 6) is 0.944. The molecule has 0 amide bonds. The number of hydrogen-bond acceptors (Lipinski definition) is 3. The molecule has 1 saturated heterocycles. The number of benzene rings is 1. The lowest BCUT2D eigenvalue weighted by atomic mass is 10.1. The maximum atomic E-state index is 5.81. The van der Waals surface area contributed by atoms with E-state index in [0.717, 1.165) is 36.1 Å². The SMILES string of the molecule is Cc1cc(C)c(NC(=S)N(CCCN2CCCCC2)Cc2ccco2)c(C)c1. The fourth-order valence-corrected chi connectivity index (χ4v) is 4.33. The van der Waals surface area contributed by atoms with Crippen LogP contribution in [-0.4, -0.2) is 41.1 Å². The van der Waals surface area contributed by atoms with Crippen LogP contribution in [0.4, 0.5) is 5.69 Å². The molecule has 0 aliphatic carbocycles. The lowest BCUT2D eigenvalue weighted by Crippen LogP contribution is -2.38. The van der Waals surface area contributed by atoms with E-state index in [9.17, 15) is 0 Å². The van der Waals surface area contributed by atoms with Crippen LogP contribution < -0.4 is 5.32 Å². The number of aryl methyl sites for hydroxylation is 3. The largest absolute Gasteiger partial charge is 0.467 e. The molecule has 5 heteroatoms. The normalized spacial score (nSPS) is 14.8. The molecule has 0 saturated carbocycles. The van der Waals surface area contributed by atoms with E-state index in [1.54, 1.807) is 6.26 Å². The molecule has 1 aliphatic heterocycles. The molecule has 0 radical (unpaired) electrons. The molecule has 1 aromatic heterocycles. The zero-order valence-corrected chi connectivity index (χ0v) is 18.3. The van der Waals surface area contributed by atoms with Crippen molar-refractivity contribution < 1.29 is 4.42 Å². The predicted octanol–water partition coefficient (Wildman–Crippen LogP) is 5.28. The number of rotatable bonds is 7. The second kappa shape index (κ2) is 10.1. The van der Waals surface area contributed by atoms with Gasteiger partial charge in [-0.1, -0.05) is 24.1 Å². The van der Waals surface area contributed by atoms with E-state index in [0.29, 0.717) is 6.54 Å². The van der Waals surface area contributed by atoms with Gasteiger partial charge in [0.25, 0.3) is 0 Å². The molecular formula is C23H33N3OS. The molecule has 1 N–H and O–H groups in total. The van der Waals surface area contributed by atoms with Crippen LogP contribution in [0.5, 0.6) is 0 Å². The topological polar surface area (TPSA) is 31.6 Å². The highest BCUT2D eigenvalue weighted by molar-refractivity contribution is 7.80. The minimum absolute atomic E-state index is 0.697. The van der Waals surface area contributed by atoms with Crippen molar-refractivity contribution in [3.63, 3.8) is 0 Å². The molecule has 0 bridgehead atoms. The van der Waals surface area contributed by atoms with Gasteiger partial charge in [-0.3, -0.25) is 0 Å². The van der Waals surface area contributed by atoms with E-state index in [1.165, 1.54) is 49.0 Å². The van der Waals surface area contributed by atoms with E-state index in [4.69, 9.17) is 16.6 Å². The van der Waals surface area contributed by atoms with Crippen LogP contribution in [0.3, 0.4) is 0 Å². The fourth-order valence-electron chi connectivity index (χ4n) is 4.07. The molecule has 2 aromatic rings. The van der Waals surface area contributed by atoms with Gasteiger partial charge in [0.05, 0.1) is 12.8 Å². The van der Waals surface area contributed by atoms with Crippen molar-refractivity contribution in [3.8, 4) is 0 Å². The number of piperidine rings is 1. The van der Waals surface area contributed by atoms with E-state index in [-0.39, 0.29) is 0 Å². The monoisotopic (exact) mass is 399 g/mol. The highest BCUT2D eigenvalue weighted by Gasteiger charge is 2.16. The van der Waals surface area contributed by atoms with E-state index >= 15 is 0 Å². The second-order valence-electron chi connectivity index (χ2n) is 7.96. The van der Waals surface area contributed by atoms with Crippen molar-refractivity contribution in [2.24, 2.45) is 0 Å². The first-order chi connectivity index (χ1) is 13.5. The third-order valence-corrected chi connectivity index (χ3v) is 5.83. The van der Waals surface area contributed by atoms with Crippen LogP contribution in [0.2, 0.25) is 0 Å². The molecule has 3 rings (SSSR count). The van der Waals surface area contributed by atoms with Crippen molar-refractivity contribution in [1.29, 1.82) is 0 Å². The Morgan fingerprint density at radius 1 is 1.14 bits per heavy atom. The molecular weight excluding hydrogens is 366 g/mol. The third kappa shape index (κ3) is 5.82.